The minimum absolute atomic E-state index is 0.117. The normalized spacial score (nSPS) is 21.5. The molecular formula is C30H36N2O3. The zero-order valence-electron chi connectivity index (χ0n) is 21.0. The van der Waals surface area contributed by atoms with Gasteiger partial charge < -0.3 is 14.7 Å². The molecule has 35 heavy (non-hydrogen) atoms. The van der Waals surface area contributed by atoms with Gasteiger partial charge in [-0.3, -0.25) is 4.79 Å². The number of ether oxygens (including phenoxy) is 1. The molecule has 2 aromatic carbocycles. The molecule has 2 heterocycles. The first-order chi connectivity index (χ1) is 16.8. The maximum atomic E-state index is 13.5. The van der Waals surface area contributed by atoms with Crippen molar-refractivity contribution >= 4 is 23.6 Å². The molecule has 2 fully saturated rings. The second-order valence-electron chi connectivity index (χ2n) is 10.8. The average molecular weight is 473 g/mol. The summed E-state index contributed by atoms with van der Waals surface area (Å²) in [6.07, 6.45) is 6.74. The molecule has 1 N–H and O–H groups in total. The van der Waals surface area contributed by atoms with E-state index in [4.69, 9.17) is 4.74 Å². The summed E-state index contributed by atoms with van der Waals surface area (Å²) in [5.74, 6) is 0.117. The first-order valence-corrected chi connectivity index (χ1v) is 12.8. The molecule has 3 aliphatic rings. The van der Waals surface area contributed by atoms with Crippen LogP contribution in [0.4, 0.5) is 0 Å². The number of benzene rings is 2. The van der Waals surface area contributed by atoms with E-state index in [0.29, 0.717) is 19.6 Å². The van der Waals surface area contributed by atoms with Crippen molar-refractivity contribution in [2.24, 2.45) is 0 Å². The van der Waals surface area contributed by atoms with Gasteiger partial charge in [-0.2, -0.15) is 0 Å². The molecule has 1 amide bonds. The van der Waals surface area contributed by atoms with Crippen molar-refractivity contribution in [2.75, 3.05) is 19.6 Å². The Morgan fingerprint density at radius 3 is 2.09 bits per heavy atom. The van der Waals surface area contributed by atoms with Crippen molar-refractivity contribution in [2.45, 2.75) is 64.5 Å². The van der Waals surface area contributed by atoms with Gasteiger partial charge >= 0.3 is 0 Å². The smallest absolute Gasteiger partial charge is 0.240 e. The van der Waals surface area contributed by atoms with Crippen LogP contribution >= 0.6 is 0 Å². The Morgan fingerprint density at radius 1 is 0.943 bits per heavy atom. The van der Waals surface area contributed by atoms with Crippen LogP contribution in [0.1, 0.15) is 68.7 Å². The summed E-state index contributed by atoms with van der Waals surface area (Å²) in [4.78, 5) is 17.3. The predicted octanol–water partition coefficient (Wildman–Crippen LogP) is 5.15. The molecule has 184 valence electrons. The zero-order chi connectivity index (χ0) is 24.6. The highest BCUT2D eigenvalue weighted by molar-refractivity contribution is 5.95. The van der Waals surface area contributed by atoms with Gasteiger partial charge in [0.05, 0.1) is 11.6 Å². The number of carbonyl (C=O) groups is 1. The summed E-state index contributed by atoms with van der Waals surface area (Å²) in [6.45, 7) is 7.84. The van der Waals surface area contributed by atoms with Crippen LogP contribution in [0.2, 0.25) is 0 Å². The fourth-order valence-electron chi connectivity index (χ4n) is 5.61. The monoisotopic (exact) mass is 472 g/mol. The number of fused-ring (bicyclic) bond motifs is 2. The number of hydrogen-bond acceptors (Lipinski definition) is 4. The molecule has 5 nitrogen and oxygen atoms in total. The fourth-order valence-corrected chi connectivity index (χ4v) is 5.61. The second-order valence-corrected chi connectivity index (χ2v) is 10.8. The minimum atomic E-state index is -1.06. The van der Waals surface area contributed by atoms with Gasteiger partial charge in [0, 0.05) is 19.6 Å². The van der Waals surface area contributed by atoms with E-state index in [1.807, 2.05) is 30.6 Å². The van der Waals surface area contributed by atoms with Crippen molar-refractivity contribution in [3.8, 4) is 0 Å². The lowest BCUT2D eigenvalue weighted by molar-refractivity contribution is -0.242. The lowest BCUT2D eigenvalue weighted by Crippen LogP contribution is -2.52. The van der Waals surface area contributed by atoms with Gasteiger partial charge in [0.2, 0.25) is 12.3 Å². The van der Waals surface area contributed by atoms with Gasteiger partial charge in [-0.25, -0.2) is 4.90 Å². The highest BCUT2D eigenvalue weighted by Gasteiger charge is 2.39. The fraction of sp³-hybridized carbons (Fsp3) is 0.433. The summed E-state index contributed by atoms with van der Waals surface area (Å²) < 4.78 is 5.76. The minimum Gasteiger partial charge on any atom is -0.356 e. The topological polar surface area (TPSA) is 53.0 Å². The summed E-state index contributed by atoms with van der Waals surface area (Å²) in [6, 6.07) is 16.9. The summed E-state index contributed by atoms with van der Waals surface area (Å²) in [5, 5.41) is 10.6. The van der Waals surface area contributed by atoms with Crippen LogP contribution in [0.5, 0.6) is 0 Å². The molecular weight excluding hydrogens is 436 g/mol. The number of carbonyl (C=O) groups excluding carboxylic acids is 1. The van der Waals surface area contributed by atoms with Crippen LogP contribution in [0.3, 0.4) is 0 Å². The lowest BCUT2D eigenvalue weighted by atomic mass is 9.86. The number of likely N-dealkylation sites (tertiary alicyclic amines) is 2. The number of amides is 1. The molecule has 1 aliphatic carbocycles. The first kappa shape index (κ1) is 24.0. The lowest BCUT2D eigenvalue weighted by Gasteiger charge is -2.37. The molecule has 0 radical (unpaired) electrons. The third-order valence-corrected chi connectivity index (χ3v) is 7.26. The Bertz CT molecular complexity index is 1100. The Balaban J connectivity index is 1.37. The third-order valence-electron chi connectivity index (χ3n) is 7.26. The Hall–Kier alpha value is -2.73. The molecule has 2 aromatic rings. The number of nitrogens with zero attached hydrogens (tertiary/aromatic N) is 2. The van der Waals surface area contributed by atoms with Gasteiger partial charge in [-0.05, 0) is 74.3 Å². The van der Waals surface area contributed by atoms with E-state index >= 15 is 0 Å². The number of rotatable bonds is 3. The van der Waals surface area contributed by atoms with Crippen molar-refractivity contribution in [1.82, 2.24) is 9.80 Å². The summed E-state index contributed by atoms with van der Waals surface area (Å²) in [7, 11) is 0. The molecule has 2 atom stereocenters. The maximum Gasteiger partial charge on any atom is 0.240 e. The number of aliphatic hydroxyl groups is 1. The molecule has 5 rings (SSSR count). The molecule has 2 saturated heterocycles. The summed E-state index contributed by atoms with van der Waals surface area (Å²) >= 11 is 0. The number of hydrogen-bond donors (Lipinski definition) is 1. The van der Waals surface area contributed by atoms with Crippen molar-refractivity contribution in [3.05, 3.63) is 76.4 Å². The van der Waals surface area contributed by atoms with Crippen LogP contribution in [0.15, 0.2) is 54.1 Å². The molecule has 2 aliphatic heterocycles. The number of aliphatic hydroxyl groups excluding tert-OH is 1. The second kappa shape index (κ2) is 9.73. The van der Waals surface area contributed by atoms with E-state index in [1.54, 1.807) is 0 Å². The van der Waals surface area contributed by atoms with Crippen molar-refractivity contribution < 1.29 is 14.6 Å². The summed E-state index contributed by atoms with van der Waals surface area (Å²) in [5.41, 5.74) is 7.28. The molecule has 0 bridgehead atoms. The van der Waals surface area contributed by atoms with E-state index < -0.39 is 12.0 Å². The van der Waals surface area contributed by atoms with Crippen LogP contribution in [-0.4, -0.2) is 58.5 Å². The average Bonchev–Trinajstić information content (AvgIpc) is 3.27. The first-order valence-electron chi connectivity index (χ1n) is 12.8. The predicted molar refractivity (Wildman–Crippen MR) is 140 cm³/mol. The Labute approximate surface area is 208 Å². The van der Waals surface area contributed by atoms with Gasteiger partial charge in [0.15, 0.2) is 0 Å². The quantitative estimate of drug-likeness (QED) is 0.536. The molecule has 2 unspecified atom stereocenters. The van der Waals surface area contributed by atoms with E-state index in [1.165, 1.54) is 33.4 Å². The van der Waals surface area contributed by atoms with Gasteiger partial charge in [-0.15, -0.1) is 0 Å². The van der Waals surface area contributed by atoms with E-state index in [9.17, 15) is 9.90 Å². The van der Waals surface area contributed by atoms with E-state index in [-0.39, 0.29) is 11.9 Å². The highest BCUT2D eigenvalue weighted by atomic mass is 16.6. The Morgan fingerprint density at radius 2 is 1.51 bits per heavy atom. The highest BCUT2D eigenvalue weighted by Crippen LogP contribution is 2.39. The zero-order valence-corrected chi connectivity index (χ0v) is 21.0. The maximum absolute atomic E-state index is 13.5. The third kappa shape index (κ3) is 4.99. The Kier molecular flexibility index (Phi) is 6.67. The van der Waals surface area contributed by atoms with E-state index in [0.717, 1.165) is 25.7 Å². The SMILES string of the molecule is CC(C)(C)OC(O)N1CCCC1C(=O)N1CCC(=C2c3ccccc3C=Cc3ccccc32)CC1. The van der Waals surface area contributed by atoms with Crippen LogP contribution in [0, 0.1) is 0 Å². The van der Waals surface area contributed by atoms with Crippen LogP contribution in [0.25, 0.3) is 17.7 Å². The van der Waals surface area contributed by atoms with Gasteiger partial charge in [-0.1, -0.05) is 66.3 Å². The van der Waals surface area contributed by atoms with Crippen LogP contribution in [-0.2, 0) is 9.53 Å². The van der Waals surface area contributed by atoms with Crippen molar-refractivity contribution in [3.63, 3.8) is 0 Å². The van der Waals surface area contributed by atoms with Gasteiger partial charge in [0.25, 0.3) is 0 Å². The molecule has 0 spiro atoms. The van der Waals surface area contributed by atoms with E-state index in [2.05, 4.69) is 60.7 Å². The standard InChI is InChI=1S/C30H36N2O3/c1-30(2,3)35-29(34)32-18-8-13-26(32)28(33)31-19-16-23(17-20-31)27-24-11-6-4-9-21(24)14-15-22-10-5-7-12-25(22)27/h4-7,9-12,14-15,26,29,34H,8,13,16-20H2,1-3H3. The molecule has 0 saturated carbocycles. The molecule has 0 aromatic heterocycles. The largest absolute Gasteiger partial charge is 0.356 e. The molecule has 5 heteroatoms. The van der Waals surface area contributed by atoms with Crippen molar-refractivity contribution in [1.29, 1.82) is 0 Å². The van der Waals surface area contributed by atoms with Crippen LogP contribution < -0.4 is 0 Å². The number of piperidine rings is 1. The van der Waals surface area contributed by atoms with Gasteiger partial charge in [0.1, 0.15) is 0 Å².